The monoisotopic (exact) mass is 386 g/mol. The van der Waals surface area contributed by atoms with Crippen LogP contribution in [0.4, 0.5) is 29.0 Å². The van der Waals surface area contributed by atoms with Gasteiger partial charge in [0.05, 0.1) is 5.52 Å². The Kier molecular flexibility index (Phi) is 4.90. The highest BCUT2D eigenvalue weighted by Gasteiger charge is 2.10. The summed E-state index contributed by atoms with van der Waals surface area (Å²) in [7, 11) is 5.96. The van der Waals surface area contributed by atoms with Crippen LogP contribution in [0.15, 0.2) is 55.1 Å². The first-order chi connectivity index (χ1) is 14.0. The Morgan fingerprint density at radius 3 is 2.45 bits per heavy atom. The molecule has 0 aliphatic rings. The Morgan fingerprint density at radius 2 is 1.69 bits per heavy atom. The van der Waals surface area contributed by atoms with Crippen LogP contribution in [0.3, 0.4) is 0 Å². The van der Waals surface area contributed by atoms with Gasteiger partial charge in [0.25, 0.3) is 0 Å². The summed E-state index contributed by atoms with van der Waals surface area (Å²) in [6, 6.07) is 11.9. The van der Waals surface area contributed by atoms with E-state index in [-0.39, 0.29) is 0 Å². The lowest BCUT2D eigenvalue weighted by Gasteiger charge is -2.18. The predicted octanol–water partition coefficient (Wildman–Crippen LogP) is 3.70. The summed E-state index contributed by atoms with van der Waals surface area (Å²) in [5, 5.41) is 4.34. The van der Waals surface area contributed by atoms with E-state index in [1.165, 1.54) is 6.33 Å². The second-order valence-electron chi connectivity index (χ2n) is 6.91. The molecule has 8 heteroatoms. The van der Waals surface area contributed by atoms with Crippen molar-refractivity contribution in [2.75, 3.05) is 36.3 Å². The minimum absolute atomic E-state index is 0.474. The van der Waals surface area contributed by atoms with Crippen LogP contribution in [0.1, 0.15) is 5.69 Å². The first-order valence-corrected chi connectivity index (χ1v) is 9.20. The molecule has 0 unspecified atom stereocenters. The van der Waals surface area contributed by atoms with E-state index >= 15 is 0 Å². The van der Waals surface area contributed by atoms with Crippen molar-refractivity contribution in [2.24, 2.45) is 0 Å². The molecule has 8 nitrogen and oxygen atoms in total. The van der Waals surface area contributed by atoms with Crippen molar-refractivity contribution in [2.45, 2.75) is 6.92 Å². The lowest BCUT2D eigenvalue weighted by atomic mass is 10.1. The lowest BCUT2D eigenvalue weighted by molar-refractivity contribution is 0.989. The van der Waals surface area contributed by atoms with Gasteiger partial charge in [-0.2, -0.15) is 4.98 Å². The molecule has 0 spiro atoms. The van der Waals surface area contributed by atoms with Crippen molar-refractivity contribution < 1.29 is 0 Å². The van der Waals surface area contributed by atoms with Crippen molar-refractivity contribution in [3.8, 4) is 0 Å². The highest BCUT2D eigenvalue weighted by atomic mass is 15.3. The van der Waals surface area contributed by atoms with E-state index in [1.807, 2.05) is 57.2 Å². The van der Waals surface area contributed by atoms with Crippen LogP contribution in [0.5, 0.6) is 0 Å². The number of nitrogens with zero attached hydrogens (tertiary/aromatic N) is 7. The summed E-state index contributed by atoms with van der Waals surface area (Å²) in [5.74, 6) is 1.02. The van der Waals surface area contributed by atoms with E-state index in [1.54, 1.807) is 12.4 Å². The molecule has 1 aromatic carbocycles. The van der Waals surface area contributed by atoms with Gasteiger partial charge in [-0.1, -0.05) is 0 Å². The topological polar surface area (TPSA) is 83.0 Å². The molecule has 0 aliphatic heterocycles. The second-order valence-corrected chi connectivity index (χ2v) is 6.91. The molecule has 3 aromatic heterocycles. The highest BCUT2D eigenvalue weighted by Crippen LogP contribution is 2.29. The Labute approximate surface area is 169 Å². The molecule has 0 saturated carbocycles. The molecule has 0 radical (unpaired) electrons. The van der Waals surface area contributed by atoms with E-state index in [4.69, 9.17) is 0 Å². The van der Waals surface area contributed by atoms with Crippen molar-refractivity contribution in [3.63, 3.8) is 0 Å². The first kappa shape index (κ1) is 18.5. The summed E-state index contributed by atoms with van der Waals surface area (Å²) in [4.78, 5) is 25.7. The molecule has 0 aliphatic carbocycles. The average Bonchev–Trinajstić information content (AvgIpc) is 2.73. The SMILES string of the molecule is Cc1cc(N(C)C)c2cc(Nc3ncnc(N(C)c4ccncc4)n3)ccc2n1. The molecule has 0 amide bonds. The van der Waals surface area contributed by atoms with Crippen LogP contribution in [0.2, 0.25) is 0 Å². The van der Waals surface area contributed by atoms with E-state index in [9.17, 15) is 0 Å². The van der Waals surface area contributed by atoms with E-state index in [0.29, 0.717) is 11.9 Å². The summed E-state index contributed by atoms with van der Waals surface area (Å²) in [6.07, 6.45) is 4.97. The lowest BCUT2D eigenvalue weighted by Crippen LogP contribution is -2.14. The van der Waals surface area contributed by atoms with Crippen LogP contribution in [-0.4, -0.2) is 46.1 Å². The molecule has 4 aromatic rings. The zero-order valence-electron chi connectivity index (χ0n) is 16.8. The Bertz CT molecular complexity index is 1140. The Hall–Kier alpha value is -3.81. The predicted molar refractivity (Wildman–Crippen MR) is 116 cm³/mol. The molecule has 0 bridgehead atoms. The molecule has 4 rings (SSSR count). The zero-order valence-corrected chi connectivity index (χ0v) is 16.8. The number of pyridine rings is 2. The summed E-state index contributed by atoms with van der Waals surface area (Å²) >= 11 is 0. The third kappa shape index (κ3) is 3.91. The van der Waals surface area contributed by atoms with Gasteiger partial charge in [-0.15, -0.1) is 0 Å². The van der Waals surface area contributed by atoms with Gasteiger partial charge in [0, 0.05) is 61.7 Å². The number of hydrogen-bond donors (Lipinski definition) is 1. The van der Waals surface area contributed by atoms with Gasteiger partial charge in [0.15, 0.2) is 0 Å². The largest absolute Gasteiger partial charge is 0.377 e. The van der Waals surface area contributed by atoms with Gasteiger partial charge < -0.3 is 15.1 Å². The van der Waals surface area contributed by atoms with Gasteiger partial charge in [0.2, 0.25) is 11.9 Å². The molecule has 1 N–H and O–H groups in total. The standard InChI is InChI=1S/C21H22N8/c1-14-11-19(28(2)3)17-12-15(5-6-18(17)25-14)26-20-23-13-24-21(27-20)29(4)16-7-9-22-10-8-16/h5-13H,1-4H3,(H,23,24,26,27). The molecular weight excluding hydrogens is 364 g/mol. The first-order valence-electron chi connectivity index (χ1n) is 9.20. The number of benzene rings is 1. The van der Waals surface area contributed by atoms with Gasteiger partial charge in [-0.3, -0.25) is 9.97 Å². The number of nitrogens with one attached hydrogen (secondary N) is 1. The van der Waals surface area contributed by atoms with Crippen molar-refractivity contribution in [1.29, 1.82) is 0 Å². The third-order valence-electron chi connectivity index (χ3n) is 4.56. The number of aromatic nitrogens is 5. The summed E-state index contributed by atoms with van der Waals surface area (Å²) in [6.45, 7) is 2.00. The maximum atomic E-state index is 4.63. The molecule has 0 atom stereocenters. The van der Waals surface area contributed by atoms with Crippen LogP contribution >= 0.6 is 0 Å². The highest BCUT2D eigenvalue weighted by molar-refractivity contribution is 5.94. The fraction of sp³-hybridized carbons (Fsp3) is 0.190. The molecular formula is C21H22N8. The van der Waals surface area contributed by atoms with E-state index in [0.717, 1.165) is 33.7 Å². The smallest absolute Gasteiger partial charge is 0.234 e. The van der Waals surface area contributed by atoms with Crippen molar-refractivity contribution in [3.05, 3.63) is 60.8 Å². The summed E-state index contributed by atoms with van der Waals surface area (Å²) in [5.41, 5.74) is 4.89. The summed E-state index contributed by atoms with van der Waals surface area (Å²) < 4.78 is 0. The van der Waals surface area contributed by atoms with Gasteiger partial charge in [-0.25, -0.2) is 9.97 Å². The van der Waals surface area contributed by atoms with Gasteiger partial charge in [0.1, 0.15) is 6.33 Å². The Morgan fingerprint density at radius 1 is 0.897 bits per heavy atom. The van der Waals surface area contributed by atoms with E-state index < -0.39 is 0 Å². The minimum Gasteiger partial charge on any atom is -0.377 e. The third-order valence-corrected chi connectivity index (χ3v) is 4.56. The van der Waals surface area contributed by atoms with Crippen molar-refractivity contribution >= 4 is 39.9 Å². The molecule has 0 fully saturated rings. The van der Waals surface area contributed by atoms with Crippen LogP contribution < -0.4 is 15.1 Å². The van der Waals surface area contributed by atoms with Gasteiger partial charge >= 0.3 is 0 Å². The van der Waals surface area contributed by atoms with Crippen LogP contribution in [0, 0.1) is 6.92 Å². The molecule has 0 saturated heterocycles. The molecule has 146 valence electrons. The van der Waals surface area contributed by atoms with Gasteiger partial charge in [-0.05, 0) is 43.3 Å². The molecule has 29 heavy (non-hydrogen) atoms. The maximum absolute atomic E-state index is 4.63. The van der Waals surface area contributed by atoms with E-state index in [2.05, 4.69) is 47.3 Å². The minimum atomic E-state index is 0.474. The second kappa shape index (κ2) is 7.67. The number of aryl methyl sites for hydroxylation is 1. The normalized spacial score (nSPS) is 10.8. The average molecular weight is 386 g/mol. The molecule has 3 heterocycles. The number of fused-ring (bicyclic) bond motifs is 1. The van der Waals surface area contributed by atoms with Crippen LogP contribution in [-0.2, 0) is 0 Å². The fourth-order valence-corrected chi connectivity index (χ4v) is 3.11. The number of hydrogen-bond acceptors (Lipinski definition) is 8. The fourth-order valence-electron chi connectivity index (χ4n) is 3.11. The number of anilines is 5. The maximum Gasteiger partial charge on any atom is 0.234 e. The van der Waals surface area contributed by atoms with Crippen molar-refractivity contribution in [1.82, 2.24) is 24.9 Å². The quantitative estimate of drug-likeness (QED) is 0.556. The zero-order chi connectivity index (χ0) is 20.4. The number of rotatable bonds is 5. The Balaban J connectivity index is 1.65. The van der Waals surface area contributed by atoms with Crippen LogP contribution in [0.25, 0.3) is 10.9 Å².